The van der Waals surface area contributed by atoms with E-state index in [0.29, 0.717) is 0 Å². The molecule has 0 unspecified atom stereocenters. The molecule has 16 heavy (non-hydrogen) atoms. The third-order valence-corrected chi connectivity index (χ3v) is 3.43. The van der Waals surface area contributed by atoms with Crippen molar-refractivity contribution in [1.29, 1.82) is 0 Å². The SMILES string of the molecule is Cc1cc(C)cc(C2(N=[N+]=[N-])CCCC2)c1. The lowest BCUT2D eigenvalue weighted by atomic mass is 9.87. The third kappa shape index (κ3) is 1.91. The van der Waals surface area contributed by atoms with Crippen molar-refractivity contribution in [3.8, 4) is 0 Å². The predicted molar refractivity (Wildman–Crippen MR) is 65.2 cm³/mol. The quantitative estimate of drug-likeness (QED) is 0.399. The molecule has 0 radical (unpaired) electrons. The molecule has 0 bridgehead atoms. The number of nitrogens with zero attached hydrogens (tertiary/aromatic N) is 3. The van der Waals surface area contributed by atoms with Crippen molar-refractivity contribution in [2.45, 2.75) is 45.1 Å². The van der Waals surface area contributed by atoms with Crippen molar-refractivity contribution in [3.05, 3.63) is 45.3 Å². The molecule has 1 fully saturated rings. The molecular formula is C13H17N3. The van der Waals surface area contributed by atoms with Gasteiger partial charge in [0, 0.05) is 4.91 Å². The van der Waals surface area contributed by atoms with Crippen molar-refractivity contribution in [2.24, 2.45) is 5.11 Å². The van der Waals surface area contributed by atoms with E-state index in [1.54, 1.807) is 0 Å². The molecule has 0 spiro atoms. The maximum Gasteiger partial charge on any atom is 0.0738 e. The summed E-state index contributed by atoms with van der Waals surface area (Å²) in [6.45, 7) is 4.18. The normalized spacial score (nSPS) is 18.1. The summed E-state index contributed by atoms with van der Waals surface area (Å²) in [7, 11) is 0. The fourth-order valence-corrected chi connectivity index (χ4v) is 2.74. The summed E-state index contributed by atoms with van der Waals surface area (Å²) in [5.74, 6) is 0. The Hall–Kier alpha value is -1.47. The van der Waals surface area contributed by atoms with Gasteiger partial charge in [0.05, 0.1) is 5.54 Å². The Kier molecular flexibility index (Phi) is 2.88. The maximum atomic E-state index is 8.75. The Morgan fingerprint density at radius 1 is 1.12 bits per heavy atom. The molecule has 1 aromatic rings. The van der Waals surface area contributed by atoms with Crippen molar-refractivity contribution < 1.29 is 0 Å². The Morgan fingerprint density at radius 2 is 1.69 bits per heavy atom. The molecule has 1 aromatic carbocycles. The van der Waals surface area contributed by atoms with Crippen molar-refractivity contribution >= 4 is 0 Å². The molecule has 1 saturated carbocycles. The van der Waals surface area contributed by atoms with Crippen LogP contribution in [-0.2, 0) is 5.54 Å². The molecular weight excluding hydrogens is 198 g/mol. The first-order valence-corrected chi connectivity index (χ1v) is 5.81. The minimum absolute atomic E-state index is 0.272. The van der Waals surface area contributed by atoms with Crippen molar-refractivity contribution in [1.82, 2.24) is 0 Å². The van der Waals surface area contributed by atoms with Crippen LogP contribution in [0.5, 0.6) is 0 Å². The Bertz CT molecular complexity index is 418. The molecule has 1 aliphatic carbocycles. The molecule has 0 aliphatic heterocycles. The van der Waals surface area contributed by atoms with E-state index in [0.717, 1.165) is 25.7 Å². The average molecular weight is 215 g/mol. The van der Waals surface area contributed by atoms with E-state index in [-0.39, 0.29) is 5.54 Å². The molecule has 0 atom stereocenters. The van der Waals surface area contributed by atoms with E-state index in [1.807, 2.05) is 0 Å². The second-order valence-corrected chi connectivity index (χ2v) is 4.80. The van der Waals surface area contributed by atoms with Crippen LogP contribution in [0.2, 0.25) is 0 Å². The highest BCUT2D eigenvalue weighted by molar-refractivity contribution is 5.34. The number of azide groups is 1. The highest BCUT2D eigenvalue weighted by atomic mass is 15.2. The Morgan fingerprint density at radius 3 is 2.19 bits per heavy atom. The molecule has 1 aliphatic rings. The fourth-order valence-electron chi connectivity index (χ4n) is 2.74. The highest BCUT2D eigenvalue weighted by Gasteiger charge is 2.34. The van der Waals surface area contributed by atoms with Gasteiger partial charge in [-0.2, -0.15) is 0 Å². The van der Waals surface area contributed by atoms with Crippen molar-refractivity contribution in [3.63, 3.8) is 0 Å². The first-order valence-electron chi connectivity index (χ1n) is 5.81. The summed E-state index contributed by atoms with van der Waals surface area (Å²) in [5, 5.41) is 4.09. The lowest BCUT2D eigenvalue weighted by Crippen LogP contribution is -2.18. The second-order valence-electron chi connectivity index (χ2n) is 4.80. The van der Waals surface area contributed by atoms with Gasteiger partial charge in [0.15, 0.2) is 0 Å². The van der Waals surface area contributed by atoms with Crippen molar-refractivity contribution in [2.75, 3.05) is 0 Å². The molecule has 0 N–H and O–H groups in total. The monoisotopic (exact) mass is 215 g/mol. The summed E-state index contributed by atoms with van der Waals surface area (Å²) in [6, 6.07) is 6.47. The first kappa shape index (κ1) is 11.0. The topological polar surface area (TPSA) is 48.8 Å². The Balaban J connectivity index is 2.50. The van der Waals surface area contributed by atoms with Gasteiger partial charge in [-0.1, -0.05) is 47.3 Å². The van der Waals surface area contributed by atoms with Crippen LogP contribution in [0.15, 0.2) is 23.3 Å². The standard InChI is InChI=1S/C13H17N3/c1-10-7-11(2)9-12(8-10)13(15-16-14)5-3-4-6-13/h7-9H,3-6H2,1-2H3. The number of rotatable bonds is 2. The largest absolute Gasteiger partial charge is 0.0826 e. The zero-order valence-corrected chi connectivity index (χ0v) is 9.90. The predicted octanol–water partition coefficient (Wildman–Crippen LogP) is 4.38. The van der Waals surface area contributed by atoms with Gasteiger partial charge < -0.3 is 0 Å². The van der Waals surface area contributed by atoms with Gasteiger partial charge in [-0.05, 0) is 37.8 Å². The lowest BCUT2D eigenvalue weighted by Gasteiger charge is -2.24. The summed E-state index contributed by atoms with van der Waals surface area (Å²) >= 11 is 0. The van der Waals surface area contributed by atoms with E-state index in [2.05, 4.69) is 42.1 Å². The van der Waals surface area contributed by atoms with Gasteiger partial charge in [0.1, 0.15) is 0 Å². The Labute approximate surface area is 96.1 Å². The molecule has 0 aromatic heterocycles. The first-order chi connectivity index (χ1) is 7.66. The molecule has 0 heterocycles. The summed E-state index contributed by atoms with van der Waals surface area (Å²) < 4.78 is 0. The van der Waals surface area contributed by atoms with E-state index in [4.69, 9.17) is 5.53 Å². The summed E-state index contributed by atoms with van der Waals surface area (Å²) in [5.41, 5.74) is 12.2. The third-order valence-electron chi connectivity index (χ3n) is 3.43. The number of hydrogen-bond donors (Lipinski definition) is 0. The van der Waals surface area contributed by atoms with Gasteiger partial charge in [-0.15, -0.1) is 0 Å². The smallest absolute Gasteiger partial charge is 0.0738 e. The van der Waals surface area contributed by atoms with E-state index >= 15 is 0 Å². The summed E-state index contributed by atoms with van der Waals surface area (Å²) in [4.78, 5) is 3.05. The van der Waals surface area contributed by atoms with Crippen LogP contribution in [0, 0.1) is 13.8 Å². The summed E-state index contributed by atoms with van der Waals surface area (Å²) in [6.07, 6.45) is 4.29. The van der Waals surface area contributed by atoms with Gasteiger partial charge >= 0.3 is 0 Å². The average Bonchev–Trinajstić information content (AvgIpc) is 2.66. The maximum absolute atomic E-state index is 8.75. The van der Waals surface area contributed by atoms with Crippen LogP contribution < -0.4 is 0 Å². The van der Waals surface area contributed by atoms with Crippen LogP contribution in [0.4, 0.5) is 0 Å². The minimum Gasteiger partial charge on any atom is -0.0826 e. The van der Waals surface area contributed by atoms with Gasteiger partial charge in [-0.3, -0.25) is 0 Å². The van der Waals surface area contributed by atoms with E-state index in [1.165, 1.54) is 16.7 Å². The zero-order valence-electron chi connectivity index (χ0n) is 9.90. The van der Waals surface area contributed by atoms with Gasteiger partial charge in [-0.25, -0.2) is 0 Å². The molecule has 0 amide bonds. The number of benzene rings is 1. The van der Waals surface area contributed by atoms with E-state index < -0.39 is 0 Å². The lowest BCUT2D eigenvalue weighted by molar-refractivity contribution is 0.459. The number of hydrogen-bond acceptors (Lipinski definition) is 1. The van der Waals surface area contributed by atoms with Gasteiger partial charge in [0.25, 0.3) is 0 Å². The zero-order chi connectivity index (χ0) is 11.6. The fraction of sp³-hybridized carbons (Fsp3) is 0.538. The molecule has 0 saturated heterocycles. The molecule has 2 rings (SSSR count). The number of aryl methyl sites for hydroxylation is 2. The van der Waals surface area contributed by atoms with Crippen LogP contribution >= 0.6 is 0 Å². The van der Waals surface area contributed by atoms with Crippen LogP contribution in [0.1, 0.15) is 42.4 Å². The van der Waals surface area contributed by atoms with Crippen LogP contribution in [0.25, 0.3) is 10.4 Å². The van der Waals surface area contributed by atoms with E-state index in [9.17, 15) is 0 Å². The second kappa shape index (κ2) is 4.18. The van der Waals surface area contributed by atoms with Gasteiger partial charge in [0.2, 0.25) is 0 Å². The molecule has 3 nitrogen and oxygen atoms in total. The molecule has 84 valence electrons. The van der Waals surface area contributed by atoms with Crippen LogP contribution in [-0.4, -0.2) is 0 Å². The highest BCUT2D eigenvalue weighted by Crippen LogP contribution is 2.42. The molecule has 3 heteroatoms. The van der Waals surface area contributed by atoms with Crippen LogP contribution in [0.3, 0.4) is 0 Å². The minimum atomic E-state index is -0.272.